The van der Waals surface area contributed by atoms with E-state index in [1.807, 2.05) is 0 Å². The Morgan fingerprint density at radius 1 is 1.17 bits per heavy atom. The van der Waals surface area contributed by atoms with Gasteiger partial charge < -0.3 is 4.74 Å². The van der Waals surface area contributed by atoms with Gasteiger partial charge in [-0.15, -0.1) is 13.2 Å². The molecule has 1 aromatic rings. The summed E-state index contributed by atoms with van der Waals surface area (Å²) in [7, 11) is 0. The minimum Gasteiger partial charge on any atom is -0.403 e. The summed E-state index contributed by atoms with van der Waals surface area (Å²) in [5, 5.41) is 0. The number of pyridine rings is 1. The molecule has 18 heavy (non-hydrogen) atoms. The van der Waals surface area contributed by atoms with Crippen LogP contribution in [0.5, 0.6) is 5.75 Å². The maximum Gasteiger partial charge on any atom is 0.573 e. The SMILES string of the molecule is FCc1nc(I)cc(C(F)(F)F)c1OC(F)(F)F. The highest BCUT2D eigenvalue weighted by atomic mass is 127. The molecule has 2 nitrogen and oxygen atoms in total. The van der Waals surface area contributed by atoms with Crippen molar-refractivity contribution in [3.05, 3.63) is 21.0 Å². The van der Waals surface area contributed by atoms with E-state index in [1.54, 1.807) is 0 Å². The molecular weight excluding hydrogens is 386 g/mol. The van der Waals surface area contributed by atoms with Crippen LogP contribution < -0.4 is 4.74 Å². The van der Waals surface area contributed by atoms with Crippen molar-refractivity contribution in [2.75, 3.05) is 0 Å². The van der Waals surface area contributed by atoms with Crippen molar-refractivity contribution in [1.29, 1.82) is 0 Å². The van der Waals surface area contributed by atoms with Gasteiger partial charge in [-0.3, -0.25) is 0 Å². The van der Waals surface area contributed by atoms with Crippen LogP contribution in [0.1, 0.15) is 11.3 Å². The van der Waals surface area contributed by atoms with Gasteiger partial charge in [0.05, 0.1) is 0 Å². The van der Waals surface area contributed by atoms with E-state index in [2.05, 4.69) is 9.72 Å². The van der Waals surface area contributed by atoms with Crippen LogP contribution >= 0.6 is 22.6 Å². The van der Waals surface area contributed by atoms with Crippen molar-refractivity contribution in [2.24, 2.45) is 0 Å². The van der Waals surface area contributed by atoms with Crippen LogP contribution in [0.4, 0.5) is 30.7 Å². The van der Waals surface area contributed by atoms with Crippen LogP contribution in [0.3, 0.4) is 0 Å². The number of ether oxygens (including phenoxy) is 1. The molecule has 102 valence electrons. The summed E-state index contributed by atoms with van der Waals surface area (Å²) >= 11 is 1.33. The second-order valence-corrected chi connectivity index (χ2v) is 4.05. The zero-order chi connectivity index (χ0) is 14.1. The van der Waals surface area contributed by atoms with E-state index in [4.69, 9.17) is 0 Å². The second-order valence-electron chi connectivity index (χ2n) is 2.95. The van der Waals surface area contributed by atoms with Gasteiger partial charge in [0.25, 0.3) is 0 Å². The van der Waals surface area contributed by atoms with Gasteiger partial charge in [-0.05, 0) is 28.7 Å². The largest absolute Gasteiger partial charge is 0.573 e. The Balaban J connectivity index is 3.43. The molecule has 1 aromatic heterocycles. The summed E-state index contributed by atoms with van der Waals surface area (Å²) in [5.74, 6) is -1.65. The summed E-state index contributed by atoms with van der Waals surface area (Å²) in [6, 6.07) is 0.348. The van der Waals surface area contributed by atoms with Gasteiger partial charge in [0.1, 0.15) is 21.6 Å². The molecular formula is C8H3F7INO. The zero-order valence-electron chi connectivity index (χ0n) is 8.16. The minimum atomic E-state index is -5.36. The molecule has 1 rings (SSSR count). The Hall–Kier alpha value is -0.810. The Labute approximate surface area is 109 Å². The molecule has 0 radical (unpaired) electrons. The van der Waals surface area contributed by atoms with Gasteiger partial charge in [0.15, 0.2) is 5.75 Å². The molecule has 0 amide bonds. The number of rotatable bonds is 2. The van der Waals surface area contributed by atoms with Crippen LogP contribution in [0.15, 0.2) is 6.07 Å². The molecule has 0 aliphatic heterocycles. The fraction of sp³-hybridized carbons (Fsp3) is 0.375. The Morgan fingerprint density at radius 2 is 1.72 bits per heavy atom. The van der Waals surface area contributed by atoms with Crippen molar-refractivity contribution in [1.82, 2.24) is 4.98 Å². The lowest BCUT2D eigenvalue weighted by atomic mass is 10.2. The molecule has 1 heterocycles. The highest BCUT2D eigenvalue weighted by Crippen LogP contribution is 2.40. The van der Waals surface area contributed by atoms with Crippen molar-refractivity contribution in [2.45, 2.75) is 19.2 Å². The number of alkyl halides is 7. The number of hydrogen-bond acceptors (Lipinski definition) is 2. The van der Waals surface area contributed by atoms with E-state index in [1.165, 1.54) is 22.6 Å². The maximum absolute atomic E-state index is 12.5. The molecule has 0 spiro atoms. The Kier molecular flexibility index (Phi) is 4.28. The molecule has 0 aromatic carbocycles. The third kappa shape index (κ3) is 3.85. The van der Waals surface area contributed by atoms with Gasteiger partial charge in [0.2, 0.25) is 0 Å². The fourth-order valence-corrected chi connectivity index (χ4v) is 1.69. The average Bonchev–Trinajstić information content (AvgIpc) is 2.16. The average molecular weight is 389 g/mol. The standard InChI is InChI=1S/C8H3F7INO/c9-2-4-6(18-8(13,14)15)3(7(10,11)12)1-5(16)17-4/h1H,2H2. The van der Waals surface area contributed by atoms with E-state index in [0.717, 1.165) is 0 Å². The highest BCUT2D eigenvalue weighted by molar-refractivity contribution is 14.1. The van der Waals surface area contributed by atoms with Gasteiger partial charge >= 0.3 is 12.5 Å². The molecule has 0 unspecified atom stereocenters. The van der Waals surface area contributed by atoms with Crippen LogP contribution in [0.2, 0.25) is 0 Å². The number of aromatic nitrogens is 1. The monoisotopic (exact) mass is 389 g/mol. The summed E-state index contributed by atoms with van der Waals surface area (Å²) in [6.45, 7) is -1.61. The summed E-state index contributed by atoms with van der Waals surface area (Å²) in [4.78, 5) is 3.24. The molecule has 0 fully saturated rings. The van der Waals surface area contributed by atoms with E-state index in [9.17, 15) is 30.7 Å². The summed E-state index contributed by atoms with van der Waals surface area (Å²) < 4.78 is 88.9. The predicted octanol–water partition coefficient (Wildman–Crippen LogP) is 4.07. The van der Waals surface area contributed by atoms with Crippen LogP contribution in [0, 0.1) is 3.70 Å². The quantitative estimate of drug-likeness (QED) is 0.432. The lowest BCUT2D eigenvalue weighted by Gasteiger charge is -2.17. The van der Waals surface area contributed by atoms with Gasteiger partial charge in [-0.2, -0.15) is 13.2 Å². The van der Waals surface area contributed by atoms with Crippen molar-refractivity contribution in [3.8, 4) is 5.75 Å². The first-order valence-corrected chi connectivity index (χ1v) is 5.21. The molecule has 0 saturated heterocycles. The van der Waals surface area contributed by atoms with E-state index in [-0.39, 0.29) is 3.70 Å². The third-order valence-electron chi connectivity index (χ3n) is 1.66. The fourth-order valence-electron chi connectivity index (χ4n) is 1.08. The molecule has 0 saturated carbocycles. The lowest BCUT2D eigenvalue weighted by molar-refractivity contribution is -0.276. The normalized spacial score (nSPS) is 12.7. The topological polar surface area (TPSA) is 22.1 Å². The number of hydrogen-bond donors (Lipinski definition) is 0. The Morgan fingerprint density at radius 3 is 2.11 bits per heavy atom. The van der Waals surface area contributed by atoms with E-state index >= 15 is 0 Å². The van der Waals surface area contributed by atoms with E-state index < -0.39 is 36.2 Å². The lowest BCUT2D eigenvalue weighted by Crippen LogP contribution is -2.22. The van der Waals surface area contributed by atoms with Crippen molar-refractivity contribution < 1.29 is 35.5 Å². The number of nitrogens with zero attached hydrogens (tertiary/aromatic N) is 1. The highest BCUT2D eigenvalue weighted by Gasteiger charge is 2.41. The van der Waals surface area contributed by atoms with Crippen LogP contribution in [0.25, 0.3) is 0 Å². The molecule has 0 aliphatic rings. The van der Waals surface area contributed by atoms with Gasteiger partial charge in [-0.25, -0.2) is 9.37 Å². The van der Waals surface area contributed by atoms with Crippen molar-refractivity contribution >= 4 is 22.6 Å². The smallest absolute Gasteiger partial charge is 0.403 e. The second kappa shape index (κ2) is 5.05. The molecule has 0 aliphatic carbocycles. The van der Waals surface area contributed by atoms with E-state index in [0.29, 0.717) is 6.07 Å². The third-order valence-corrected chi connectivity index (χ3v) is 2.21. The van der Waals surface area contributed by atoms with Crippen molar-refractivity contribution in [3.63, 3.8) is 0 Å². The summed E-state index contributed by atoms with van der Waals surface area (Å²) in [5.41, 5.74) is -2.77. The van der Waals surface area contributed by atoms with Crippen LogP contribution in [-0.2, 0) is 12.9 Å². The zero-order valence-corrected chi connectivity index (χ0v) is 10.3. The molecule has 0 bridgehead atoms. The first-order chi connectivity index (χ1) is 8.04. The first-order valence-electron chi connectivity index (χ1n) is 4.13. The predicted molar refractivity (Wildman–Crippen MR) is 53.5 cm³/mol. The molecule has 0 atom stereocenters. The van der Waals surface area contributed by atoms with Gasteiger partial charge in [0, 0.05) is 0 Å². The van der Waals surface area contributed by atoms with Crippen LogP contribution in [-0.4, -0.2) is 11.3 Å². The minimum absolute atomic E-state index is 0.290. The maximum atomic E-state index is 12.5. The molecule has 10 heteroatoms. The Bertz CT molecular complexity index is 442. The molecule has 0 N–H and O–H groups in total. The summed E-state index contributed by atoms with van der Waals surface area (Å²) in [6.07, 6.45) is -10.5. The first kappa shape index (κ1) is 15.2. The van der Waals surface area contributed by atoms with Gasteiger partial charge in [-0.1, -0.05) is 0 Å². The number of halogens is 8.